The molecule has 0 heterocycles. The summed E-state index contributed by atoms with van der Waals surface area (Å²) in [7, 11) is -1.84. The van der Waals surface area contributed by atoms with E-state index in [9.17, 15) is 8.42 Å². The quantitative estimate of drug-likeness (QED) is 0.678. The topological polar surface area (TPSA) is 69.6 Å². The first-order chi connectivity index (χ1) is 7.96. The van der Waals surface area contributed by atoms with Crippen LogP contribution in [0.3, 0.4) is 0 Å². The second-order valence-corrected chi connectivity index (χ2v) is 6.79. The van der Waals surface area contributed by atoms with E-state index >= 15 is 0 Å². The van der Waals surface area contributed by atoms with Crippen LogP contribution in [0.15, 0.2) is 0 Å². The van der Waals surface area contributed by atoms with Crippen molar-refractivity contribution in [2.24, 2.45) is 5.41 Å². The Hall–Kier alpha value is -0.170. The average molecular weight is 264 g/mol. The van der Waals surface area contributed by atoms with Crippen LogP contribution in [0.1, 0.15) is 39.0 Å². The molecule has 0 saturated heterocycles. The molecule has 0 spiro atoms. The molecule has 0 aromatic rings. The molecule has 1 aliphatic carbocycles. The maximum Gasteiger partial charge on any atom is 0.279 e. The number of hydrogen-bond acceptors (Lipinski definition) is 3. The van der Waals surface area contributed by atoms with Gasteiger partial charge in [0.25, 0.3) is 10.2 Å². The van der Waals surface area contributed by atoms with Crippen LogP contribution in [-0.4, -0.2) is 44.6 Å². The van der Waals surface area contributed by atoms with Gasteiger partial charge in [-0.1, -0.05) is 13.3 Å². The lowest BCUT2D eigenvalue weighted by molar-refractivity contribution is 0.132. The molecule has 0 aliphatic heterocycles. The standard InChI is InChI=1S/C11H24N2O3S/c1-3-11(6-4-7-11)10-12-17(15,16)13(2)8-5-9-14/h12,14H,3-10H2,1-2H3. The maximum atomic E-state index is 11.9. The predicted molar refractivity (Wildman–Crippen MR) is 67.8 cm³/mol. The molecule has 1 saturated carbocycles. The van der Waals surface area contributed by atoms with E-state index in [4.69, 9.17) is 5.11 Å². The van der Waals surface area contributed by atoms with Gasteiger partial charge in [-0.25, -0.2) is 4.72 Å². The van der Waals surface area contributed by atoms with Crippen molar-refractivity contribution in [3.8, 4) is 0 Å². The van der Waals surface area contributed by atoms with E-state index in [0.717, 1.165) is 19.3 Å². The number of nitrogens with zero attached hydrogens (tertiary/aromatic N) is 1. The first kappa shape index (κ1) is 14.9. The Kier molecular flexibility index (Phi) is 5.37. The summed E-state index contributed by atoms with van der Waals surface area (Å²) >= 11 is 0. The van der Waals surface area contributed by atoms with E-state index in [-0.39, 0.29) is 12.0 Å². The van der Waals surface area contributed by atoms with Gasteiger partial charge in [-0.2, -0.15) is 12.7 Å². The molecule has 17 heavy (non-hydrogen) atoms. The molecular weight excluding hydrogens is 240 g/mol. The van der Waals surface area contributed by atoms with Gasteiger partial charge in [0, 0.05) is 26.7 Å². The highest BCUT2D eigenvalue weighted by molar-refractivity contribution is 7.87. The van der Waals surface area contributed by atoms with E-state index < -0.39 is 10.2 Å². The second-order valence-electron chi connectivity index (χ2n) is 4.93. The Morgan fingerprint density at radius 3 is 2.47 bits per heavy atom. The first-order valence-electron chi connectivity index (χ1n) is 6.27. The van der Waals surface area contributed by atoms with Crippen molar-refractivity contribution in [2.45, 2.75) is 39.0 Å². The monoisotopic (exact) mass is 264 g/mol. The van der Waals surface area contributed by atoms with E-state index in [1.807, 2.05) is 0 Å². The Morgan fingerprint density at radius 1 is 1.41 bits per heavy atom. The molecule has 6 heteroatoms. The van der Waals surface area contributed by atoms with Gasteiger partial charge in [-0.05, 0) is 31.1 Å². The lowest BCUT2D eigenvalue weighted by atomic mass is 9.67. The van der Waals surface area contributed by atoms with Crippen molar-refractivity contribution in [2.75, 3.05) is 26.7 Å². The molecule has 0 atom stereocenters. The van der Waals surface area contributed by atoms with Crippen LogP contribution < -0.4 is 4.72 Å². The van der Waals surface area contributed by atoms with Crippen molar-refractivity contribution in [1.29, 1.82) is 0 Å². The Morgan fingerprint density at radius 2 is 2.06 bits per heavy atom. The zero-order valence-electron chi connectivity index (χ0n) is 10.8. The van der Waals surface area contributed by atoms with Gasteiger partial charge in [-0.15, -0.1) is 0 Å². The molecule has 0 unspecified atom stereocenters. The van der Waals surface area contributed by atoms with Gasteiger partial charge in [0.15, 0.2) is 0 Å². The third-order valence-electron chi connectivity index (χ3n) is 3.84. The van der Waals surface area contributed by atoms with Crippen molar-refractivity contribution < 1.29 is 13.5 Å². The summed E-state index contributed by atoms with van der Waals surface area (Å²) in [6.07, 6.45) is 4.93. The molecule has 1 aliphatic rings. The molecule has 0 aromatic carbocycles. The molecule has 1 rings (SSSR count). The summed E-state index contributed by atoms with van der Waals surface area (Å²) < 4.78 is 27.7. The largest absolute Gasteiger partial charge is 0.396 e. The SMILES string of the molecule is CCC1(CNS(=O)(=O)N(C)CCCO)CCC1. The maximum absolute atomic E-state index is 11.9. The molecule has 2 N–H and O–H groups in total. The summed E-state index contributed by atoms with van der Waals surface area (Å²) in [5.41, 5.74) is 0.185. The van der Waals surface area contributed by atoms with Gasteiger partial charge in [0.2, 0.25) is 0 Å². The summed E-state index contributed by atoms with van der Waals surface area (Å²) in [5.74, 6) is 0. The smallest absolute Gasteiger partial charge is 0.279 e. The van der Waals surface area contributed by atoms with Crippen LogP contribution >= 0.6 is 0 Å². The normalized spacial score (nSPS) is 19.3. The summed E-state index contributed by atoms with van der Waals surface area (Å²) in [4.78, 5) is 0. The van der Waals surface area contributed by atoms with Crippen molar-refractivity contribution in [3.63, 3.8) is 0 Å². The van der Waals surface area contributed by atoms with Crippen molar-refractivity contribution in [3.05, 3.63) is 0 Å². The van der Waals surface area contributed by atoms with E-state index in [0.29, 0.717) is 19.5 Å². The summed E-state index contributed by atoms with van der Waals surface area (Å²) in [6.45, 7) is 3.02. The van der Waals surface area contributed by atoms with Crippen LogP contribution in [0, 0.1) is 5.41 Å². The Balaban J connectivity index is 2.43. The van der Waals surface area contributed by atoms with Crippen LogP contribution in [0.25, 0.3) is 0 Å². The fourth-order valence-corrected chi connectivity index (χ4v) is 3.18. The lowest BCUT2D eigenvalue weighted by Gasteiger charge is -2.41. The number of hydrogen-bond donors (Lipinski definition) is 2. The van der Waals surface area contributed by atoms with Gasteiger partial charge in [-0.3, -0.25) is 0 Å². The van der Waals surface area contributed by atoms with E-state index in [1.165, 1.54) is 17.8 Å². The third-order valence-corrected chi connectivity index (χ3v) is 5.35. The molecule has 1 fully saturated rings. The predicted octanol–water partition coefficient (Wildman–Crippen LogP) is 0.715. The highest BCUT2D eigenvalue weighted by Crippen LogP contribution is 2.43. The van der Waals surface area contributed by atoms with E-state index in [1.54, 1.807) is 0 Å². The molecule has 102 valence electrons. The van der Waals surface area contributed by atoms with Gasteiger partial charge < -0.3 is 5.11 Å². The fourth-order valence-electron chi connectivity index (χ4n) is 2.10. The average Bonchev–Trinajstić information content (AvgIpc) is 2.24. The van der Waals surface area contributed by atoms with Gasteiger partial charge >= 0.3 is 0 Å². The molecular formula is C11H24N2O3S. The Bertz CT molecular complexity index is 320. The lowest BCUT2D eigenvalue weighted by Crippen LogP contribution is -2.46. The zero-order chi connectivity index (χ0) is 12.9. The van der Waals surface area contributed by atoms with Crippen LogP contribution in [0.5, 0.6) is 0 Å². The zero-order valence-corrected chi connectivity index (χ0v) is 11.6. The molecule has 0 amide bonds. The molecule has 0 radical (unpaired) electrons. The highest BCUT2D eigenvalue weighted by atomic mass is 32.2. The van der Waals surface area contributed by atoms with Crippen LogP contribution in [0.2, 0.25) is 0 Å². The van der Waals surface area contributed by atoms with Crippen LogP contribution in [0.4, 0.5) is 0 Å². The van der Waals surface area contributed by atoms with Crippen molar-refractivity contribution in [1.82, 2.24) is 9.03 Å². The minimum atomic E-state index is -3.38. The van der Waals surface area contributed by atoms with Gasteiger partial charge in [0.1, 0.15) is 0 Å². The summed E-state index contributed by atoms with van der Waals surface area (Å²) in [6, 6.07) is 0. The highest BCUT2D eigenvalue weighted by Gasteiger charge is 2.36. The Labute approximate surface area is 104 Å². The number of rotatable bonds is 8. The molecule has 0 bridgehead atoms. The third kappa shape index (κ3) is 3.91. The minimum Gasteiger partial charge on any atom is -0.396 e. The number of aliphatic hydroxyl groups excluding tert-OH is 1. The van der Waals surface area contributed by atoms with Crippen LogP contribution in [-0.2, 0) is 10.2 Å². The summed E-state index contributed by atoms with van der Waals surface area (Å²) in [5, 5.41) is 8.68. The van der Waals surface area contributed by atoms with Crippen molar-refractivity contribution >= 4 is 10.2 Å². The fraction of sp³-hybridized carbons (Fsp3) is 1.00. The molecule has 0 aromatic heterocycles. The second kappa shape index (κ2) is 6.13. The number of aliphatic hydroxyl groups is 1. The van der Waals surface area contributed by atoms with Gasteiger partial charge in [0.05, 0.1) is 0 Å². The number of nitrogens with one attached hydrogen (secondary N) is 1. The minimum absolute atomic E-state index is 0.0127. The molecule has 5 nitrogen and oxygen atoms in total. The first-order valence-corrected chi connectivity index (χ1v) is 7.71. The van der Waals surface area contributed by atoms with E-state index in [2.05, 4.69) is 11.6 Å².